The van der Waals surface area contributed by atoms with Crippen molar-refractivity contribution in [3.63, 3.8) is 0 Å². The zero-order valence-electron chi connectivity index (χ0n) is 12.9. The Morgan fingerprint density at radius 1 is 1.26 bits per heavy atom. The van der Waals surface area contributed by atoms with E-state index in [1.165, 1.54) is 0 Å². The summed E-state index contributed by atoms with van der Waals surface area (Å²) in [6, 6.07) is 0. The molecular formula is C14H26N4O. The number of aromatic nitrogens is 2. The number of aliphatic hydroxyl groups excluding tert-OH is 1. The first-order valence-corrected chi connectivity index (χ1v) is 6.82. The lowest BCUT2D eigenvalue weighted by atomic mass is 10.2. The first kappa shape index (κ1) is 15.7. The van der Waals surface area contributed by atoms with E-state index >= 15 is 0 Å². The van der Waals surface area contributed by atoms with Crippen LogP contribution in [-0.4, -0.2) is 41.8 Å². The quantitative estimate of drug-likeness (QED) is 0.826. The van der Waals surface area contributed by atoms with Crippen LogP contribution in [0.25, 0.3) is 0 Å². The molecule has 0 aliphatic heterocycles. The van der Waals surface area contributed by atoms with E-state index in [9.17, 15) is 5.11 Å². The third-order valence-electron chi connectivity index (χ3n) is 3.13. The van der Waals surface area contributed by atoms with Crippen LogP contribution in [0.2, 0.25) is 0 Å². The highest BCUT2D eigenvalue weighted by Crippen LogP contribution is 2.25. The Labute approximate surface area is 116 Å². The van der Waals surface area contributed by atoms with Gasteiger partial charge in [0.2, 0.25) is 0 Å². The summed E-state index contributed by atoms with van der Waals surface area (Å²) in [5, 5.41) is 12.5. The Morgan fingerprint density at radius 2 is 1.89 bits per heavy atom. The van der Waals surface area contributed by atoms with E-state index in [0.29, 0.717) is 0 Å². The van der Waals surface area contributed by atoms with E-state index in [2.05, 4.69) is 34.0 Å². The fraction of sp³-hybridized carbons (Fsp3) is 0.714. The average Bonchev–Trinajstić information content (AvgIpc) is 2.35. The molecule has 0 saturated heterocycles. The standard InChI is InChI=1S/C14H26N4O/c1-9(2)12-16-13(15-5)11(4)14(17-12)18(6)8-7-10(3)19/h9-10,19H,7-8H2,1-6H3,(H,15,16,17). The summed E-state index contributed by atoms with van der Waals surface area (Å²) >= 11 is 0. The summed E-state index contributed by atoms with van der Waals surface area (Å²) in [5.74, 6) is 2.94. The maximum atomic E-state index is 9.39. The number of hydrogen-bond acceptors (Lipinski definition) is 5. The summed E-state index contributed by atoms with van der Waals surface area (Å²) in [5.41, 5.74) is 1.04. The van der Waals surface area contributed by atoms with Gasteiger partial charge in [0, 0.05) is 32.1 Å². The monoisotopic (exact) mass is 266 g/mol. The van der Waals surface area contributed by atoms with Crippen molar-refractivity contribution >= 4 is 11.6 Å². The maximum absolute atomic E-state index is 9.39. The van der Waals surface area contributed by atoms with Gasteiger partial charge in [-0.3, -0.25) is 0 Å². The van der Waals surface area contributed by atoms with E-state index in [4.69, 9.17) is 0 Å². The average molecular weight is 266 g/mol. The Hall–Kier alpha value is -1.36. The van der Waals surface area contributed by atoms with Gasteiger partial charge in [-0.25, -0.2) is 9.97 Å². The summed E-state index contributed by atoms with van der Waals surface area (Å²) < 4.78 is 0. The largest absolute Gasteiger partial charge is 0.393 e. The highest BCUT2D eigenvalue weighted by atomic mass is 16.3. The topological polar surface area (TPSA) is 61.3 Å². The van der Waals surface area contributed by atoms with Crippen molar-refractivity contribution in [2.24, 2.45) is 0 Å². The molecule has 0 aliphatic rings. The Balaban J connectivity index is 3.07. The third-order valence-corrected chi connectivity index (χ3v) is 3.13. The molecule has 108 valence electrons. The maximum Gasteiger partial charge on any atom is 0.137 e. The molecule has 1 unspecified atom stereocenters. The summed E-state index contributed by atoms with van der Waals surface area (Å²) in [6.45, 7) is 8.77. The van der Waals surface area contributed by atoms with E-state index in [-0.39, 0.29) is 12.0 Å². The van der Waals surface area contributed by atoms with Crippen LogP contribution in [0.3, 0.4) is 0 Å². The van der Waals surface area contributed by atoms with Crippen molar-refractivity contribution in [2.75, 3.05) is 30.9 Å². The SMILES string of the molecule is CNc1nc(C(C)C)nc(N(C)CCC(C)O)c1C. The van der Waals surface area contributed by atoms with Crippen molar-refractivity contribution in [1.82, 2.24) is 9.97 Å². The van der Waals surface area contributed by atoms with Gasteiger partial charge in [-0.05, 0) is 20.3 Å². The number of aliphatic hydroxyl groups is 1. The van der Waals surface area contributed by atoms with Gasteiger partial charge >= 0.3 is 0 Å². The normalized spacial score (nSPS) is 12.6. The predicted octanol–water partition coefficient (Wildman–Crippen LogP) is 2.16. The van der Waals surface area contributed by atoms with Crippen LogP contribution in [-0.2, 0) is 0 Å². The van der Waals surface area contributed by atoms with Crippen LogP contribution in [0, 0.1) is 6.92 Å². The van der Waals surface area contributed by atoms with Crippen molar-refractivity contribution in [3.05, 3.63) is 11.4 Å². The molecule has 1 aromatic rings. The molecule has 0 radical (unpaired) electrons. The molecule has 2 N–H and O–H groups in total. The van der Waals surface area contributed by atoms with Crippen LogP contribution in [0.15, 0.2) is 0 Å². The molecule has 1 aromatic heterocycles. The summed E-state index contributed by atoms with van der Waals surface area (Å²) in [7, 11) is 3.88. The van der Waals surface area contributed by atoms with Gasteiger partial charge in [-0.2, -0.15) is 0 Å². The molecule has 5 nitrogen and oxygen atoms in total. The molecule has 1 atom stereocenters. The molecule has 0 aliphatic carbocycles. The van der Waals surface area contributed by atoms with Crippen LogP contribution in [0.4, 0.5) is 11.6 Å². The molecule has 1 heterocycles. The van der Waals surface area contributed by atoms with Crippen LogP contribution >= 0.6 is 0 Å². The lowest BCUT2D eigenvalue weighted by molar-refractivity contribution is 0.187. The fourth-order valence-corrected chi connectivity index (χ4v) is 1.88. The van der Waals surface area contributed by atoms with Crippen molar-refractivity contribution < 1.29 is 5.11 Å². The molecule has 19 heavy (non-hydrogen) atoms. The molecule has 0 amide bonds. The second kappa shape index (κ2) is 6.70. The summed E-state index contributed by atoms with van der Waals surface area (Å²) in [4.78, 5) is 11.3. The predicted molar refractivity (Wildman–Crippen MR) is 80.0 cm³/mol. The second-order valence-corrected chi connectivity index (χ2v) is 5.34. The molecular weight excluding hydrogens is 240 g/mol. The first-order valence-electron chi connectivity index (χ1n) is 6.82. The lowest BCUT2D eigenvalue weighted by Crippen LogP contribution is -2.25. The summed E-state index contributed by atoms with van der Waals surface area (Å²) in [6.07, 6.45) is 0.434. The van der Waals surface area contributed by atoms with Crippen molar-refractivity contribution in [3.8, 4) is 0 Å². The molecule has 5 heteroatoms. The highest BCUT2D eigenvalue weighted by molar-refractivity contribution is 5.58. The van der Waals surface area contributed by atoms with Gasteiger partial charge in [0.1, 0.15) is 17.5 Å². The fourth-order valence-electron chi connectivity index (χ4n) is 1.88. The smallest absolute Gasteiger partial charge is 0.137 e. The number of nitrogens with zero attached hydrogens (tertiary/aromatic N) is 3. The van der Waals surface area contributed by atoms with Crippen LogP contribution < -0.4 is 10.2 Å². The van der Waals surface area contributed by atoms with Crippen molar-refractivity contribution in [1.29, 1.82) is 0 Å². The highest BCUT2D eigenvalue weighted by Gasteiger charge is 2.15. The van der Waals surface area contributed by atoms with E-state index < -0.39 is 0 Å². The Kier molecular flexibility index (Phi) is 5.54. The molecule has 0 fully saturated rings. The second-order valence-electron chi connectivity index (χ2n) is 5.34. The van der Waals surface area contributed by atoms with Crippen molar-refractivity contribution in [2.45, 2.75) is 46.1 Å². The Bertz CT molecular complexity index is 418. The lowest BCUT2D eigenvalue weighted by Gasteiger charge is -2.23. The van der Waals surface area contributed by atoms with Gasteiger partial charge in [0.05, 0.1) is 6.10 Å². The van der Waals surface area contributed by atoms with E-state index in [0.717, 1.165) is 36.0 Å². The van der Waals surface area contributed by atoms with E-state index in [1.807, 2.05) is 21.0 Å². The first-order chi connectivity index (χ1) is 8.86. The van der Waals surface area contributed by atoms with Gasteiger partial charge in [-0.1, -0.05) is 13.8 Å². The minimum atomic E-state index is -0.294. The zero-order chi connectivity index (χ0) is 14.6. The number of nitrogens with one attached hydrogen (secondary N) is 1. The van der Waals surface area contributed by atoms with Gasteiger partial charge < -0.3 is 15.3 Å². The number of hydrogen-bond donors (Lipinski definition) is 2. The molecule has 0 aromatic carbocycles. The number of anilines is 2. The molecule has 1 rings (SSSR count). The van der Waals surface area contributed by atoms with Gasteiger partial charge in [0.25, 0.3) is 0 Å². The van der Waals surface area contributed by atoms with E-state index in [1.54, 1.807) is 6.92 Å². The van der Waals surface area contributed by atoms with Crippen LogP contribution in [0.5, 0.6) is 0 Å². The third kappa shape index (κ3) is 4.06. The van der Waals surface area contributed by atoms with Crippen LogP contribution in [0.1, 0.15) is 44.5 Å². The van der Waals surface area contributed by atoms with Gasteiger partial charge in [-0.15, -0.1) is 0 Å². The molecule has 0 saturated carbocycles. The van der Waals surface area contributed by atoms with Gasteiger partial charge in [0.15, 0.2) is 0 Å². The number of rotatable bonds is 6. The Morgan fingerprint density at radius 3 is 2.37 bits per heavy atom. The molecule has 0 bridgehead atoms. The minimum Gasteiger partial charge on any atom is -0.393 e. The molecule has 0 spiro atoms. The minimum absolute atomic E-state index is 0.289. The zero-order valence-corrected chi connectivity index (χ0v) is 12.9.